The summed E-state index contributed by atoms with van der Waals surface area (Å²) in [5, 5.41) is 2.77. The summed E-state index contributed by atoms with van der Waals surface area (Å²) in [5.74, 6) is -2.17. The Morgan fingerprint density at radius 2 is 1.68 bits per heavy atom. The summed E-state index contributed by atoms with van der Waals surface area (Å²) >= 11 is 0. The maximum atomic E-state index is 14.2. The van der Waals surface area contributed by atoms with Crippen molar-refractivity contribution < 1.29 is 13.6 Å². The number of anilines is 2. The number of benzene rings is 2. The smallest absolute Gasteiger partial charge is 0.276 e. The van der Waals surface area contributed by atoms with E-state index >= 15 is 0 Å². The van der Waals surface area contributed by atoms with Crippen molar-refractivity contribution in [3.8, 4) is 22.4 Å². The zero-order valence-electron chi connectivity index (χ0n) is 16.6. The SMILES string of the molecule is Cc1ccccc1-c1ccncc1NC(=O)c1nc(-c2c(F)cccc2F)ccc1N. The van der Waals surface area contributed by atoms with Gasteiger partial charge in [-0.1, -0.05) is 30.3 Å². The number of nitrogens with two attached hydrogens (primary N) is 1. The third kappa shape index (κ3) is 3.98. The van der Waals surface area contributed by atoms with E-state index in [1.807, 2.05) is 31.2 Å². The molecule has 0 aliphatic rings. The summed E-state index contributed by atoms with van der Waals surface area (Å²) < 4.78 is 28.3. The minimum atomic E-state index is -0.780. The van der Waals surface area contributed by atoms with Crippen LogP contribution >= 0.6 is 0 Å². The van der Waals surface area contributed by atoms with Crippen LogP contribution in [-0.2, 0) is 0 Å². The molecule has 154 valence electrons. The lowest BCUT2D eigenvalue weighted by atomic mass is 10.0. The van der Waals surface area contributed by atoms with Crippen molar-refractivity contribution in [3.05, 3.63) is 95.9 Å². The Labute approximate surface area is 177 Å². The lowest BCUT2D eigenvalue weighted by Gasteiger charge is -2.14. The predicted octanol–water partition coefficient (Wildman–Crippen LogP) is 5.23. The highest BCUT2D eigenvalue weighted by atomic mass is 19.1. The van der Waals surface area contributed by atoms with Crippen LogP contribution in [0.25, 0.3) is 22.4 Å². The molecule has 4 aromatic rings. The van der Waals surface area contributed by atoms with Crippen LogP contribution in [-0.4, -0.2) is 15.9 Å². The molecule has 2 aromatic heterocycles. The van der Waals surface area contributed by atoms with Crippen molar-refractivity contribution in [3.63, 3.8) is 0 Å². The Morgan fingerprint density at radius 3 is 2.42 bits per heavy atom. The van der Waals surface area contributed by atoms with Crippen LogP contribution in [0.3, 0.4) is 0 Å². The molecule has 7 heteroatoms. The first-order valence-corrected chi connectivity index (χ1v) is 9.48. The molecule has 5 nitrogen and oxygen atoms in total. The molecular weight excluding hydrogens is 398 g/mol. The summed E-state index contributed by atoms with van der Waals surface area (Å²) in [6.07, 6.45) is 3.15. The lowest BCUT2D eigenvalue weighted by molar-refractivity contribution is 0.102. The fraction of sp³-hybridized carbons (Fsp3) is 0.0417. The van der Waals surface area contributed by atoms with E-state index in [1.165, 1.54) is 24.4 Å². The molecular formula is C24H18F2N4O. The molecule has 0 unspecified atom stereocenters. The highest BCUT2D eigenvalue weighted by Gasteiger charge is 2.19. The molecule has 0 saturated carbocycles. The van der Waals surface area contributed by atoms with Gasteiger partial charge in [0.15, 0.2) is 5.69 Å². The molecule has 2 aromatic carbocycles. The maximum absolute atomic E-state index is 14.2. The highest BCUT2D eigenvalue weighted by molar-refractivity contribution is 6.08. The fourth-order valence-electron chi connectivity index (χ4n) is 3.32. The van der Waals surface area contributed by atoms with Crippen LogP contribution in [0.2, 0.25) is 0 Å². The van der Waals surface area contributed by atoms with Gasteiger partial charge >= 0.3 is 0 Å². The Hall–Kier alpha value is -4.13. The van der Waals surface area contributed by atoms with Crippen molar-refractivity contribution in [1.29, 1.82) is 0 Å². The number of carbonyl (C=O) groups is 1. The Balaban J connectivity index is 1.72. The monoisotopic (exact) mass is 416 g/mol. The lowest BCUT2D eigenvalue weighted by Crippen LogP contribution is -2.17. The van der Waals surface area contributed by atoms with Gasteiger partial charge in [0.05, 0.1) is 28.8 Å². The molecule has 0 aliphatic heterocycles. The molecule has 0 atom stereocenters. The predicted molar refractivity (Wildman–Crippen MR) is 116 cm³/mol. The number of pyridine rings is 2. The van der Waals surface area contributed by atoms with Gasteiger partial charge in [-0.25, -0.2) is 13.8 Å². The Kier molecular flexibility index (Phi) is 5.41. The number of rotatable bonds is 4. The first-order chi connectivity index (χ1) is 15.0. The number of hydrogen-bond donors (Lipinski definition) is 2. The average molecular weight is 416 g/mol. The third-order valence-corrected chi connectivity index (χ3v) is 4.86. The van der Waals surface area contributed by atoms with Gasteiger partial charge in [-0.05, 0) is 48.4 Å². The number of nitrogens with one attached hydrogen (secondary N) is 1. The van der Waals surface area contributed by atoms with Crippen LogP contribution in [0.4, 0.5) is 20.2 Å². The van der Waals surface area contributed by atoms with Crippen LogP contribution in [0.1, 0.15) is 16.1 Å². The van der Waals surface area contributed by atoms with E-state index in [0.29, 0.717) is 5.69 Å². The fourth-order valence-corrected chi connectivity index (χ4v) is 3.32. The van der Waals surface area contributed by atoms with E-state index in [-0.39, 0.29) is 22.6 Å². The summed E-state index contributed by atoms with van der Waals surface area (Å²) in [4.78, 5) is 21.2. The summed E-state index contributed by atoms with van der Waals surface area (Å²) in [5.41, 5.74) is 8.74. The maximum Gasteiger partial charge on any atom is 0.276 e. The number of nitrogens with zero attached hydrogens (tertiary/aromatic N) is 2. The van der Waals surface area contributed by atoms with Crippen LogP contribution in [0.5, 0.6) is 0 Å². The molecule has 1 amide bonds. The molecule has 0 aliphatic carbocycles. The zero-order chi connectivity index (χ0) is 22.0. The van der Waals surface area contributed by atoms with E-state index in [9.17, 15) is 13.6 Å². The van der Waals surface area contributed by atoms with E-state index in [2.05, 4.69) is 15.3 Å². The van der Waals surface area contributed by atoms with Crippen molar-refractivity contribution in [2.45, 2.75) is 6.92 Å². The van der Waals surface area contributed by atoms with Crippen molar-refractivity contribution >= 4 is 17.3 Å². The van der Waals surface area contributed by atoms with Gasteiger partial charge < -0.3 is 11.1 Å². The van der Waals surface area contributed by atoms with Gasteiger partial charge in [-0.2, -0.15) is 0 Å². The second kappa shape index (κ2) is 8.31. The summed E-state index contributed by atoms with van der Waals surface area (Å²) in [6, 6.07) is 15.8. The molecule has 31 heavy (non-hydrogen) atoms. The minimum Gasteiger partial charge on any atom is -0.397 e. The van der Waals surface area contributed by atoms with Crippen LogP contribution < -0.4 is 11.1 Å². The molecule has 0 spiro atoms. The Morgan fingerprint density at radius 1 is 0.935 bits per heavy atom. The summed E-state index contributed by atoms with van der Waals surface area (Å²) in [6.45, 7) is 1.97. The zero-order valence-corrected chi connectivity index (χ0v) is 16.6. The number of amides is 1. The first kappa shape index (κ1) is 20.2. The highest BCUT2D eigenvalue weighted by Crippen LogP contribution is 2.31. The standard InChI is InChI=1S/C24H18F2N4O/c1-14-5-2-3-6-15(14)16-11-12-28-13-21(16)30-24(31)23-19(27)9-10-20(29-23)22-17(25)7-4-8-18(22)26/h2-13H,27H2,1H3,(H,30,31). The largest absolute Gasteiger partial charge is 0.397 e. The van der Waals surface area contributed by atoms with Gasteiger partial charge in [0, 0.05) is 11.8 Å². The first-order valence-electron chi connectivity index (χ1n) is 9.48. The number of nitrogen functional groups attached to an aromatic ring is 1. The topological polar surface area (TPSA) is 80.9 Å². The van der Waals surface area contributed by atoms with Gasteiger partial charge in [-0.15, -0.1) is 0 Å². The molecule has 0 bridgehead atoms. The number of halogens is 2. The van der Waals surface area contributed by atoms with Gasteiger partial charge in [0.1, 0.15) is 11.6 Å². The van der Waals surface area contributed by atoms with E-state index in [0.717, 1.165) is 28.8 Å². The van der Waals surface area contributed by atoms with E-state index in [4.69, 9.17) is 5.73 Å². The van der Waals surface area contributed by atoms with Gasteiger partial charge in [0.2, 0.25) is 0 Å². The number of hydrogen-bond acceptors (Lipinski definition) is 4. The second-order valence-electron chi connectivity index (χ2n) is 6.92. The molecule has 0 radical (unpaired) electrons. The van der Waals surface area contributed by atoms with Crippen LogP contribution in [0, 0.1) is 18.6 Å². The van der Waals surface area contributed by atoms with Gasteiger partial charge in [0.25, 0.3) is 5.91 Å². The molecule has 0 saturated heterocycles. The minimum absolute atomic E-state index is 0.0275. The van der Waals surface area contributed by atoms with E-state index in [1.54, 1.807) is 12.3 Å². The quantitative estimate of drug-likeness (QED) is 0.477. The Bertz CT molecular complexity index is 1270. The number of aromatic nitrogens is 2. The molecule has 4 rings (SSSR count). The van der Waals surface area contributed by atoms with Crippen molar-refractivity contribution in [2.24, 2.45) is 0 Å². The number of carbonyl (C=O) groups excluding carboxylic acids is 1. The third-order valence-electron chi connectivity index (χ3n) is 4.86. The molecule has 3 N–H and O–H groups in total. The normalized spacial score (nSPS) is 10.7. The molecule has 0 fully saturated rings. The van der Waals surface area contributed by atoms with Gasteiger partial charge in [-0.3, -0.25) is 9.78 Å². The van der Waals surface area contributed by atoms with E-state index < -0.39 is 17.5 Å². The average Bonchev–Trinajstić information content (AvgIpc) is 2.75. The molecule has 2 heterocycles. The summed E-state index contributed by atoms with van der Waals surface area (Å²) in [7, 11) is 0. The number of aryl methyl sites for hydroxylation is 1. The second-order valence-corrected chi connectivity index (χ2v) is 6.92. The van der Waals surface area contributed by atoms with Crippen molar-refractivity contribution in [1.82, 2.24) is 9.97 Å². The van der Waals surface area contributed by atoms with Crippen molar-refractivity contribution in [2.75, 3.05) is 11.1 Å². The van der Waals surface area contributed by atoms with Crippen LogP contribution in [0.15, 0.2) is 73.1 Å².